The third-order valence-electron chi connectivity index (χ3n) is 2.95. The lowest BCUT2D eigenvalue weighted by molar-refractivity contribution is 0.364. The molecule has 1 aromatic rings. The minimum atomic E-state index is -0.149. The fourth-order valence-electron chi connectivity index (χ4n) is 2.04. The smallest absolute Gasteiger partial charge is 0.290 e. The number of piperidine rings is 1. The fraction of sp³-hybridized carbons (Fsp3) is 0.636. The van der Waals surface area contributed by atoms with E-state index in [1.807, 2.05) is 0 Å². The predicted octanol–water partition coefficient (Wildman–Crippen LogP) is 0.571. The van der Waals surface area contributed by atoms with E-state index < -0.39 is 0 Å². The quantitative estimate of drug-likeness (QED) is 0.696. The van der Waals surface area contributed by atoms with Gasteiger partial charge in [-0.3, -0.25) is 4.79 Å². The number of anilines is 1. The summed E-state index contributed by atoms with van der Waals surface area (Å²) < 4.78 is 0. The number of hydrogen-bond donors (Lipinski definition) is 3. The second kappa shape index (κ2) is 5.65. The van der Waals surface area contributed by atoms with Crippen LogP contribution in [-0.4, -0.2) is 29.6 Å². The Kier molecular flexibility index (Phi) is 3.93. The second-order valence-electron chi connectivity index (χ2n) is 4.19. The van der Waals surface area contributed by atoms with Crippen molar-refractivity contribution >= 4 is 5.82 Å². The highest BCUT2D eigenvalue weighted by molar-refractivity contribution is 5.29. The van der Waals surface area contributed by atoms with Crippen molar-refractivity contribution in [1.82, 2.24) is 15.3 Å². The molecule has 0 aliphatic carbocycles. The van der Waals surface area contributed by atoms with Crippen LogP contribution in [-0.2, 0) is 0 Å². The topological polar surface area (TPSA) is 69.8 Å². The first-order valence-electron chi connectivity index (χ1n) is 5.84. The van der Waals surface area contributed by atoms with E-state index in [0.717, 1.165) is 32.0 Å². The number of nitrogens with zero attached hydrogens (tertiary/aromatic N) is 1. The molecule has 1 aromatic heterocycles. The van der Waals surface area contributed by atoms with Gasteiger partial charge in [0, 0.05) is 18.9 Å². The number of aromatic amines is 1. The minimum Gasteiger partial charge on any atom is -0.365 e. The van der Waals surface area contributed by atoms with Crippen molar-refractivity contribution in [2.45, 2.75) is 19.3 Å². The Bertz CT molecular complexity index is 370. The maximum absolute atomic E-state index is 11.3. The fourth-order valence-corrected chi connectivity index (χ4v) is 2.04. The molecule has 1 saturated heterocycles. The van der Waals surface area contributed by atoms with Crippen LogP contribution in [0.5, 0.6) is 0 Å². The van der Waals surface area contributed by atoms with Gasteiger partial charge in [0.25, 0.3) is 5.56 Å². The van der Waals surface area contributed by atoms with Crippen molar-refractivity contribution in [2.24, 2.45) is 5.92 Å². The monoisotopic (exact) mass is 222 g/mol. The maximum Gasteiger partial charge on any atom is 0.290 e. The highest BCUT2D eigenvalue weighted by atomic mass is 16.1. The summed E-state index contributed by atoms with van der Waals surface area (Å²) in [6, 6.07) is 0. The van der Waals surface area contributed by atoms with Crippen molar-refractivity contribution < 1.29 is 0 Å². The molecule has 0 bridgehead atoms. The summed E-state index contributed by atoms with van der Waals surface area (Å²) in [5, 5.41) is 6.46. The molecule has 16 heavy (non-hydrogen) atoms. The first-order valence-corrected chi connectivity index (χ1v) is 5.84. The van der Waals surface area contributed by atoms with Crippen molar-refractivity contribution in [3.63, 3.8) is 0 Å². The summed E-state index contributed by atoms with van der Waals surface area (Å²) in [5.74, 6) is 1.15. The third-order valence-corrected chi connectivity index (χ3v) is 2.95. The highest BCUT2D eigenvalue weighted by Gasteiger charge is 2.12. The van der Waals surface area contributed by atoms with Gasteiger partial charge in [-0.25, -0.2) is 4.98 Å². The SMILES string of the molecule is O=c1[nH]ccnc1NCCC1CCCNC1. The van der Waals surface area contributed by atoms with Gasteiger partial charge in [-0.05, 0) is 38.3 Å². The Morgan fingerprint density at radius 2 is 2.50 bits per heavy atom. The molecule has 1 unspecified atom stereocenters. The van der Waals surface area contributed by atoms with Crippen molar-refractivity contribution in [3.05, 3.63) is 22.7 Å². The average Bonchev–Trinajstić information content (AvgIpc) is 2.33. The first-order chi connectivity index (χ1) is 7.86. The second-order valence-corrected chi connectivity index (χ2v) is 4.19. The van der Waals surface area contributed by atoms with Gasteiger partial charge in [0.1, 0.15) is 0 Å². The van der Waals surface area contributed by atoms with Gasteiger partial charge in [0.2, 0.25) is 0 Å². The van der Waals surface area contributed by atoms with E-state index in [-0.39, 0.29) is 5.56 Å². The number of hydrogen-bond acceptors (Lipinski definition) is 4. The molecule has 1 atom stereocenters. The largest absolute Gasteiger partial charge is 0.365 e. The van der Waals surface area contributed by atoms with Gasteiger partial charge in [0.15, 0.2) is 5.82 Å². The lowest BCUT2D eigenvalue weighted by atomic mass is 9.96. The molecule has 0 amide bonds. The van der Waals surface area contributed by atoms with Gasteiger partial charge >= 0.3 is 0 Å². The number of nitrogens with one attached hydrogen (secondary N) is 3. The summed E-state index contributed by atoms with van der Waals surface area (Å²) >= 11 is 0. The van der Waals surface area contributed by atoms with Gasteiger partial charge < -0.3 is 15.6 Å². The highest BCUT2D eigenvalue weighted by Crippen LogP contribution is 2.13. The zero-order chi connectivity index (χ0) is 11.2. The maximum atomic E-state index is 11.3. The molecular formula is C11H18N4O. The van der Waals surface area contributed by atoms with E-state index in [1.165, 1.54) is 12.8 Å². The zero-order valence-corrected chi connectivity index (χ0v) is 9.33. The Labute approximate surface area is 94.7 Å². The van der Waals surface area contributed by atoms with Crippen LogP contribution in [0.1, 0.15) is 19.3 Å². The van der Waals surface area contributed by atoms with Crippen LogP contribution < -0.4 is 16.2 Å². The van der Waals surface area contributed by atoms with E-state index >= 15 is 0 Å². The van der Waals surface area contributed by atoms with Crippen LogP contribution in [0.4, 0.5) is 5.82 Å². The molecule has 1 aliphatic heterocycles. The molecule has 2 heterocycles. The molecule has 0 spiro atoms. The molecule has 1 aliphatic rings. The zero-order valence-electron chi connectivity index (χ0n) is 9.33. The molecule has 0 aromatic carbocycles. The van der Waals surface area contributed by atoms with Gasteiger partial charge in [-0.1, -0.05) is 0 Å². The lowest BCUT2D eigenvalue weighted by Crippen LogP contribution is -2.31. The number of H-pyrrole nitrogens is 1. The van der Waals surface area contributed by atoms with Crippen LogP contribution in [0.2, 0.25) is 0 Å². The molecule has 5 nitrogen and oxygen atoms in total. The number of aromatic nitrogens is 2. The van der Waals surface area contributed by atoms with E-state index in [9.17, 15) is 4.79 Å². The molecule has 0 radical (unpaired) electrons. The third kappa shape index (κ3) is 3.06. The van der Waals surface area contributed by atoms with Crippen LogP contribution in [0.15, 0.2) is 17.2 Å². The van der Waals surface area contributed by atoms with Gasteiger partial charge in [-0.15, -0.1) is 0 Å². The average molecular weight is 222 g/mol. The standard InChI is InChI=1S/C11H18N4O/c16-11-10(14-6-7-15-11)13-5-3-9-2-1-4-12-8-9/h6-7,9,12H,1-5,8H2,(H,13,14)(H,15,16). The molecular weight excluding hydrogens is 204 g/mol. The predicted molar refractivity (Wildman–Crippen MR) is 63.6 cm³/mol. The Morgan fingerprint density at radius 3 is 3.25 bits per heavy atom. The van der Waals surface area contributed by atoms with Gasteiger partial charge in [0.05, 0.1) is 0 Å². The van der Waals surface area contributed by atoms with E-state index in [4.69, 9.17) is 0 Å². The van der Waals surface area contributed by atoms with Crippen LogP contribution >= 0.6 is 0 Å². The van der Waals surface area contributed by atoms with Crippen molar-refractivity contribution in [2.75, 3.05) is 25.0 Å². The summed E-state index contributed by atoms with van der Waals surface area (Å²) in [6.45, 7) is 3.05. The van der Waals surface area contributed by atoms with E-state index in [0.29, 0.717) is 5.82 Å². The summed E-state index contributed by atoms with van der Waals surface area (Å²) in [5.41, 5.74) is -0.149. The van der Waals surface area contributed by atoms with Crippen LogP contribution in [0, 0.1) is 5.92 Å². The van der Waals surface area contributed by atoms with Crippen LogP contribution in [0.25, 0.3) is 0 Å². The Balaban J connectivity index is 1.75. The molecule has 0 saturated carbocycles. The molecule has 3 N–H and O–H groups in total. The van der Waals surface area contributed by atoms with Gasteiger partial charge in [-0.2, -0.15) is 0 Å². The van der Waals surface area contributed by atoms with Crippen molar-refractivity contribution in [1.29, 1.82) is 0 Å². The number of rotatable bonds is 4. The Morgan fingerprint density at radius 1 is 1.56 bits per heavy atom. The summed E-state index contributed by atoms with van der Waals surface area (Å²) in [4.78, 5) is 17.9. The molecule has 88 valence electrons. The lowest BCUT2D eigenvalue weighted by Gasteiger charge is -2.22. The van der Waals surface area contributed by atoms with Crippen LogP contribution in [0.3, 0.4) is 0 Å². The summed E-state index contributed by atoms with van der Waals surface area (Å²) in [6.07, 6.45) is 6.76. The molecule has 1 fully saturated rings. The first kappa shape index (κ1) is 11.1. The summed E-state index contributed by atoms with van der Waals surface area (Å²) in [7, 11) is 0. The minimum absolute atomic E-state index is 0.149. The molecule has 2 rings (SSSR count). The Hall–Kier alpha value is -1.36. The normalized spacial score (nSPS) is 20.6. The van der Waals surface area contributed by atoms with E-state index in [2.05, 4.69) is 20.6 Å². The van der Waals surface area contributed by atoms with Crippen molar-refractivity contribution in [3.8, 4) is 0 Å². The van der Waals surface area contributed by atoms with E-state index in [1.54, 1.807) is 12.4 Å². The molecule has 5 heteroatoms.